The fourth-order valence-electron chi connectivity index (χ4n) is 1.79. The standard InChI is InChI=1S/C15H10F3N3O4/c16-15(17,18)11-3-6-13(22)10(7-11)8-19-20-14(23)9-1-4-12(5-2-9)21(24)25/h1-8,22H,(H,20,23)/b19-8+. The second-order valence-electron chi connectivity index (χ2n) is 4.77. The van der Waals surface area contributed by atoms with E-state index in [-0.39, 0.29) is 16.8 Å². The van der Waals surface area contributed by atoms with Gasteiger partial charge in [0.2, 0.25) is 0 Å². The van der Waals surface area contributed by atoms with Gasteiger partial charge in [0.05, 0.1) is 16.7 Å². The third kappa shape index (κ3) is 4.53. The predicted octanol–water partition coefficient (Wildman–Crippen LogP) is 3.08. The van der Waals surface area contributed by atoms with E-state index >= 15 is 0 Å². The molecule has 2 rings (SSSR count). The van der Waals surface area contributed by atoms with Crippen molar-refractivity contribution in [3.8, 4) is 5.75 Å². The minimum Gasteiger partial charge on any atom is -0.507 e. The number of non-ortho nitro benzene ring substituents is 1. The lowest BCUT2D eigenvalue weighted by molar-refractivity contribution is -0.384. The van der Waals surface area contributed by atoms with Crippen LogP contribution in [-0.4, -0.2) is 22.2 Å². The minimum absolute atomic E-state index is 0.0658. The van der Waals surface area contributed by atoms with E-state index in [1.807, 2.05) is 5.43 Å². The molecular formula is C15H10F3N3O4. The number of nitrogens with one attached hydrogen (secondary N) is 1. The van der Waals surface area contributed by atoms with E-state index in [4.69, 9.17) is 0 Å². The van der Waals surface area contributed by atoms with Gasteiger partial charge in [0, 0.05) is 23.3 Å². The zero-order valence-electron chi connectivity index (χ0n) is 12.3. The van der Waals surface area contributed by atoms with E-state index in [9.17, 15) is 33.2 Å². The molecule has 0 radical (unpaired) electrons. The molecule has 7 nitrogen and oxygen atoms in total. The summed E-state index contributed by atoms with van der Waals surface area (Å²) < 4.78 is 37.9. The predicted molar refractivity (Wildman–Crippen MR) is 81.3 cm³/mol. The van der Waals surface area contributed by atoms with Gasteiger partial charge in [-0.05, 0) is 30.3 Å². The summed E-state index contributed by atoms with van der Waals surface area (Å²) in [5.74, 6) is -1.17. The highest BCUT2D eigenvalue weighted by atomic mass is 19.4. The molecule has 10 heteroatoms. The van der Waals surface area contributed by atoms with Crippen LogP contribution in [0, 0.1) is 10.1 Å². The fraction of sp³-hybridized carbons (Fsp3) is 0.0667. The molecule has 2 aromatic rings. The molecule has 1 amide bonds. The molecule has 0 unspecified atom stereocenters. The van der Waals surface area contributed by atoms with Gasteiger partial charge in [-0.25, -0.2) is 5.43 Å². The highest BCUT2D eigenvalue weighted by molar-refractivity contribution is 5.95. The number of nitro benzene ring substituents is 1. The van der Waals surface area contributed by atoms with Gasteiger partial charge in [-0.3, -0.25) is 14.9 Å². The number of carbonyl (C=O) groups excluding carboxylic acids is 1. The summed E-state index contributed by atoms with van der Waals surface area (Å²) in [5, 5.41) is 23.5. The summed E-state index contributed by atoms with van der Waals surface area (Å²) in [6.45, 7) is 0. The van der Waals surface area contributed by atoms with Gasteiger partial charge in [0.25, 0.3) is 11.6 Å². The van der Waals surface area contributed by atoms with Crippen molar-refractivity contribution < 1.29 is 28.0 Å². The largest absolute Gasteiger partial charge is 0.507 e. The van der Waals surface area contributed by atoms with E-state index in [2.05, 4.69) is 5.10 Å². The van der Waals surface area contributed by atoms with E-state index < -0.39 is 28.3 Å². The van der Waals surface area contributed by atoms with E-state index in [1.165, 1.54) is 12.1 Å². The summed E-state index contributed by atoms with van der Waals surface area (Å²) in [5.41, 5.74) is 0.700. The maximum Gasteiger partial charge on any atom is 0.416 e. The van der Waals surface area contributed by atoms with Gasteiger partial charge in [-0.2, -0.15) is 18.3 Å². The number of hydrazone groups is 1. The molecule has 0 saturated carbocycles. The molecule has 0 fully saturated rings. The lowest BCUT2D eigenvalue weighted by atomic mass is 10.1. The van der Waals surface area contributed by atoms with Crippen LogP contribution in [0.2, 0.25) is 0 Å². The summed E-state index contributed by atoms with van der Waals surface area (Å²) in [6, 6.07) is 6.89. The number of aromatic hydroxyl groups is 1. The Morgan fingerprint density at radius 3 is 2.40 bits per heavy atom. The summed E-state index contributed by atoms with van der Waals surface area (Å²) in [6.07, 6.45) is -3.73. The normalized spacial score (nSPS) is 11.5. The molecule has 130 valence electrons. The van der Waals surface area contributed by atoms with Gasteiger partial charge in [0.15, 0.2) is 0 Å². The Labute approximate surface area is 138 Å². The molecule has 25 heavy (non-hydrogen) atoms. The highest BCUT2D eigenvalue weighted by Crippen LogP contribution is 2.31. The van der Waals surface area contributed by atoms with Crippen molar-refractivity contribution >= 4 is 17.8 Å². The van der Waals surface area contributed by atoms with Gasteiger partial charge < -0.3 is 5.11 Å². The Balaban J connectivity index is 2.10. The van der Waals surface area contributed by atoms with Crippen LogP contribution in [0.1, 0.15) is 21.5 Å². The van der Waals surface area contributed by atoms with Crippen LogP contribution in [0.3, 0.4) is 0 Å². The van der Waals surface area contributed by atoms with E-state index in [1.54, 1.807) is 0 Å². The maximum absolute atomic E-state index is 12.6. The lowest BCUT2D eigenvalue weighted by Crippen LogP contribution is -2.17. The summed E-state index contributed by atoms with van der Waals surface area (Å²) in [7, 11) is 0. The average molecular weight is 353 g/mol. The second kappa shape index (κ2) is 6.99. The van der Waals surface area contributed by atoms with Crippen LogP contribution in [0.5, 0.6) is 5.75 Å². The number of phenols is 1. The first-order valence-electron chi connectivity index (χ1n) is 6.66. The topological polar surface area (TPSA) is 105 Å². The van der Waals surface area contributed by atoms with Crippen molar-refractivity contribution in [2.24, 2.45) is 5.10 Å². The SMILES string of the molecule is O=C(N/N=C/c1cc(C(F)(F)F)ccc1O)c1ccc([N+](=O)[O-])cc1. The first-order valence-corrected chi connectivity index (χ1v) is 6.66. The van der Waals surface area contributed by atoms with Crippen LogP contribution in [0.25, 0.3) is 0 Å². The number of hydrogen-bond acceptors (Lipinski definition) is 5. The number of phenolic OH excluding ortho intramolecular Hbond substituents is 1. The highest BCUT2D eigenvalue weighted by Gasteiger charge is 2.30. The summed E-state index contributed by atoms with van der Waals surface area (Å²) >= 11 is 0. The van der Waals surface area contributed by atoms with Gasteiger partial charge in [-0.1, -0.05) is 0 Å². The molecule has 0 spiro atoms. The van der Waals surface area contributed by atoms with Crippen LogP contribution < -0.4 is 5.43 Å². The Kier molecular flexibility index (Phi) is 5.01. The van der Waals surface area contributed by atoms with Crippen molar-refractivity contribution in [2.45, 2.75) is 6.18 Å². The number of amides is 1. The fourth-order valence-corrected chi connectivity index (χ4v) is 1.79. The van der Waals surface area contributed by atoms with Crippen molar-refractivity contribution in [3.05, 3.63) is 69.3 Å². The maximum atomic E-state index is 12.6. The Morgan fingerprint density at radius 2 is 1.84 bits per heavy atom. The number of nitrogens with zero attached hydrogens (tertiary/aromatic N) is 2. The Bertz CT molecular complexity index is 833. The number of halogens is 3. The second-order valence-corrected chi connectivity index (χ2v) is 4.77. The van der Waals surface area contributed by atoms with Crippen LogP contribution >= 0.6 is 0 Å². The van der Waals surface area contributed by atoms with E-state index in [0.29, 0.717) is 12.1 Å². The zero-order chi connectivity index (χ0) is 18.6. The molecule has 2 aromatic carbocycles. The number of carbonyl (C=O) groups is 1. The molecule has 0 aliphatic heterocycles. The number of alkyl halides is 3. The lowest BCUT2D eigenvalue weighted by Gasteiger charge is -2.08. The third-order valence-electron chi connectivity index (χ3n) is 3.06. The molecule has 2 N–H and O–H groups in total. The quantitative estimate of drug-likeness (QED) is 0.500. The van der Waals surface area contributed by atoms with Crippen LogP contribution in [0.15, 0.2) is 47.6 Å². The molecule has 0 atom stereocenters. The summed E-state index contributed by atoms with van der Waals surface area (Å²) in [4.78, 5) is 21.7. The Hall–Kier alpha value is -3.43. The third-order valence-corrected chi connectivity index (χ3v) is 3.06. The van der Waals surface area contributed by atoms with E-state index in [0.717, 1.165) is 24.4 Å². The number of benzene rings is 2. The van der Waals surface area contributed by atoms with Gasteiger partial charge in [-0.15, -0.1) is 0 Å². The number of nitro groups is 1. The minimum atomic E-state index is -4.59. The molecule has 0 bridgehead atoms. The van der Waals surface area contributed by atoms with Crippen LogP contribution in [-0.2, 0) is 6.18 Å². The number of hydrogen-bond donors (Lipinski definition) is 2. The van der Waals surface area contributed by atoms with Crippen molar-refractivity contribution in [2.75, 3.05) is 0 Å². The first kappa shape index (κ1) is 17.9. The van der Waals surface area contributed by atoms with Gasteiger partial charge in [0.1, 0.15) is 5.75 Å². The molecule has 0 saturated heterocycles. The molecule has 0 aromatic heterocycles. The van der Waals surface area contributed by atoms with Crippen LogP contribution in [0.4, 0.5) is 18.9 Å². The van der Waals surface area contributed by atoms with Crippen molar-refractivity contribution in [3.63, 3.8) is 0 Å². The first-order chi connectivity index (χ1) is 11.7. The molecular weight excluding hydrogens is 343 g/mol. The smallest absolute Gasteiger partial charge is 0.416 e. The average Bonchev–Trinajstić information content (AvgIpc) is 2.55. The van der Waals surface area contributed by atoms with Gasteiger partial charge >= 0.3 is 6.18 Å². The van der Waals surface area contributed by atoms with Crippen molar-refractivity contribution in [1.82, 2.24) is 5.43 Å². The number of rotatable bonds is 4. The zero-order valence-corrected chi connectivity index (χ0v) is 12.3. The monoisotopic (exact) mass is 353 g/mol. The Morgan fingerprint density at radius 1 is 1.20 bits per heavy atom. The molecule has 0 aliphatic rings. The molecule has 0 aliphatic carbocycles. The molecule has 0 heterocycles. The van der Waals surface area contributed by atoms with Crippen molar-refractivity contribution in [1.29, 1.82) is 0 Å².